The van der Waals surface area contributed by atoms with Crippen LogP contribution in [0.15, 0.2) is 65.8 Å². The Morgan fingerprint density at radius 2 is 1.72 bits per heavy atom. The molecule has 1 N–H and O–H groups in total. The minimum atomic E-state index is 0.666. The van der Waals surface area contributed by atoms with Gasteiger partial charge in [0.2, 0.25) is 0 Å². The third kappa shape index (κ3) is 4.20. The second-order valence-corrected chi connectivity index (χ2v) is 5.59. The number of nitrogens with zero attached hydrogens (tertiary/aromatic N) is 3. The highest BCUT2D eigenvalue weighted by Gasteiger charge is 2.04. The van der Waals surface area contributed by atoms with Crippen LogP contribution in [0.25, 0.3) is 11.3 Å². The van der Waals surface area contributed by atoms with Gasteiger partial charge >= 0.3 is 0 Å². The predicted molar refractivity (Wildman–Crippen MR) is 101 cm³/mol. The summed E-state index contributed by atoms with van der Waals surface area (Å²) in [6, 6.07) is 19.7. The van der Waals surface area contributed by atoms with Crippen LogP contribution in [0.3, 0.4) is 0 Å². The summed E-state index contributed by atoms with van der Waals surface area (Å²) < 4.78 is 5.17. The van der Waals surface area contributed by atoms with E-state index in [2.05, 4.69) is 20.5 Å². The number of rotatable bonds is 5. The number of benzene rings is 2. The molecule has 0 atom stereocenters. The monoisotopic (exact) mass is 332 g/mol. The van der Waals surface area contributed by atoms with E-state index in [0.29, 0.717) is 11.6 Å². The van der Waals surface area contributed by atoms with Gasteiger partial charge in [0.1, 0.15) is 17.4 Å². The normalized spacial score (nSPS) is 11.2. The van der Waals surface area contributed by atoms with Crippen LogP contribution in [0, 0.1) is 6.92 Å². The number of hydrogen-bond donors (Lipinski definition) is 1. The lowest BCUT2D eigenvalue weighted by atomic mass is 10.1. The fourth-order valence-corrected chi connectivity index (χ4v) is 2.42. The second kappa shape index (κ2) is 7.57. The number of nitrogens with one attached hydrogen (secondary N) is 1. The first-order chi connectivity index (χ1) is 12.2. The van der Waals surface area contributed by atoms with Gasteiger partial charge in [-0.3, -0.25) is 5.43 Å². The van der Waals surface area contributed by atoms with Crippen LogP contribution in [0.1, 0.15) is 18.3 Å². The van der Waals surface area contributed by atoms with Crippen LogP contribution >= 0.6 is 0 Å². The Bertz CT molecular complexity index is 874. The molecular weight excluding hydrogens is 312 g/mol. The summed E-state index contributed by atoms with van der Waals surface area (Å²) in [5.41, 5.74) is 6.82. The van der Waals surface area contributed by atoms with Crippen molar-refractivity contribution in [1.82, 2.24) is 9.97 Å². The molecule has 0 aliphatic carbocycles. The van der Waals surface area contributed by atoms with Gasteiger partial charge in [0, 0.05) is 11.6 Å². The van der Waals surface area contributed by atoms with Crippen LogP contribution in [0.2, 0.25) is 0 Å². The van der Waals surface area contributed by atoms with Crippen molar-refractivity contribution in [2.45, 2.75) is 13.8 Å². The zero-order chi connectivity index (χ0) is 17.6. The third-order valence-corrected chi connectivity index (χ3v) is 3.75. The van der Waals surface area contributed by atoms with Crippen molar-refractivity contribution >= 4 is 11.5 Å². The molecule has 0 unspecified atom stereocenters. The Hall–Kier alpha value is -3.21. The van der Waals surface area contributed by atoms with Crippen molar-refractivity contribution in [3.05, 3.63) is 72.1 Å². The quantitative estimate of drug-likeness (QED) is 0.559. The fourth-order valence-electron chi connectivity index (χ4n) is 2.42. The summed E-state index contributed by atoms with van der Waals surface area (Å²) in [4.78, 5) is 8.90. The number of anilines is 1. The largest absolute Gasteiger partial charge is 0.497 e. The van der Waals surface area contributed by atoms with Gasteiger partial charge in [0.25, 0.3) is 0 Å². The molecule has 0 aliphatic rings. The molecule has 2 aromatic carbocycles. The molecule has 0 amide bonds. The lowest BCUT2D eigenvalue weighted by molar-refractivity contribution is 0.415. The molecule has 3 rings (SSSR count). The summed E-state index contributed by atoms with van der Waals surface area (Å²) in [6.07, 6.45) is 0. The van der Waals surface area contributed by atoms with Crippen molar-refractivity contribution in [3.63, 3.8) is 0 Å². The Kier molecular flexibility index (Phi) is 5.04. The molecule has 0 fully saturated rings. The van der Waals surface area contributed by atoms with Crippen molar-refractivity contribution in [2.75, 3.05) is 12.5 Å². The number of methoxy groups -OCH3 is 1. The van der Waals surface area contributed by atoms with Crippen LogP contribution in [-0.4, -0.2) is 22.8 Å². The molecule has 5 nitrogen and oxygen atoms in total. The maximum Gasteiger partial charge on any atom is 0.150 e. The van der Waals surface area contributed by atoms with Gasteiger partial charge < -0.3 is 4.74 Å². The maximum atomic E-state index is 5.17. The van der Waals surface area contributed by atoms with E-state index in [-0.39, 0.29) is 0 Å². The Labute approximate surface area is 147 Å². The number of aryl methyl sites for hydroxylation is 1. The highest BCUT2D eigenvalue weighted by atomic mass is 16.5. The average molecular weight is 332 g/mol. The van der Waals surface area contributed by atoms with E-state index in [4.69, 9.17) is 4.74 Å². The standard InChI is InChI=1S/C20H20N4O/c1-14(16-9-11-18(25-3)12-10-16)23-24-20-13-19(21-15(2)22-20)17-7-5-4-6-8-17/h4-13H,1-3H3,(H,21,22,24)/b23-14-. The summed E-state index contributed by atoms with van der Waals surface area (Å²) in [7, 11) is 1.65. The molecule has 0 spiro atoms. The molecule has 5 heteroatoms. The Balaban J connectivity index is 1.81. The van der Waals surface area contributed by atoms with Crippen LogP contribution in [0.5, 0.6) is 5.75 Å². The van der Waals surface area contributed by atoms with Crippen LogP contribution < -0.4 is 10.2 Å². The number of hydrazone groups is 1. The zero-order valence-corrected chi connectivity index (χ0v) is 14.5. The SMILES string of the molecule is COc1ccc(/C(C)=N\Nc2cc(-c3ccccc3)nc(C)n2)cc1. The first kappa shape index (κ1) is 16.6. The summed E-state index contributed by atoms with van der Waals surface area (Å²) in [5, 5.41) is 4.43. The third-order valence-electron chi connectivity index (χ3n) is 3.75. The smallest absolute Gasteiger partial charge is 0.150 e. The van der Waals surface area contributed by atoms with Crippen molar-refractivity contribution < 1.29 is 4.74 Å². The zero-order valence-electron chi connectivity index (χ0n) is 14.5. The highest BCUT2D eigenvalue weighted by Crippen LogP contribution is 2.19. The van der Waals surface area contributed by atoms with E-state index >= 15 is 0 Å². The van der Waals surface area contributed by atoms with E-state index < -0.39 is 0 Å². The van der Waals surface area contributed by atoms with Crippen LogP contribution in [-0.2, 0) is 0 Å². The van der Waals surface area contributed by atoms with E-state index in [1.165, 1.54) is 0 Å². The van der Waals surface area contributed by atoms with E-state index in [0.717, 1.165) is 28.3 Å². The number of hydrogen-bond acceptors (Lipinski definition) is 5. The first-order valence-corrected chi connectivity index (χ1v) is 8.01. The lowest BCUT2D eigenvalue weighted by Gasteiger charge is -2.07. The number of aromatic nitrogens is 2. The highest BCUT2D eigenvalue weighted by molar-refractivity contribution is 5.99. The van der Waals surface area contributed by atoms with Gasteiger partial charge in [-0.2, -0.15) is 5.10 Å². The lowest BCUT2D eigenvalue weighted by Crippen LogP contribution is -2.03. The van der Waals surface area contributed by atoms with E-state index in [1.807, 2.05) is 74.5 Å². The maximum absolute atomic E-state index is 5.17. The van der Waals surface area contributed by atoms with Crippen molar-refractivity contribution in [2.24, 2.45) is 5.10 Å². The van der Waals surface area contributed by atoms with Gasteiger partial charge in [-0.05, 0) is 43.7 Å². The Morgan fingerprint density at radius 3 is 2.40 bits per heavy atom. The molecule has 0 radical (unpaired) electrons. The molecule has 0 saturated heterocycles. The first-order valence-electron chi connectivity index (χ1n) is 8.01. The number of ether oxygens (including phenoxy) is 1. The minimum Gasteiger partial charge on any atom is -0.497 e. The molecule has 1 aromatic heterocycles. The van der Waals surface area contributed by atoms with Crippen molar-refractivity contribution in [3.8, 4) is 17.0 Å². The summed E-state index contributed by atoms with van der Waals surface area (Å²) in [5.74, 6) is 2.18. The molecule has 0 aliphatic heterocycles. The molecule has 25 heavy (non-hydrogen) atoms. The van der Waals surface area contributed by atoms with Crippen LogP contribution in [0.4, 0.5) is 5.82 Å². The summed E-state index contributed by atoms with van der Waals surface area (Å²) in [6.45, 7) is 3.82. The predicted octanol–water partition coefficient (Wildman–Crippen LogP) is 4.30. The second-order valence-electron chi connectivity index (χ2n) is 5.59. The topological polar surface area (TPSA) is 59.4 Å². The molecule has 0 saturated carbocycles. The van der Waals surface area contributed by atoms with E-state index in [9.17, 15) is 0 Å². The van der Waals surface area contributed by atoms with Gasteiger partial charge in [-0.15, -0.1) is 0 Å². The molecule has 0 bridgehead atoms. The van der Waals surface area contributed by atoms with Gasteiger partial charge in [-0.25, -0.2) is 9.97 Å². The van der Waals surface area contributed by atoms with E-state index in [1.54, 1.807) is 7.11 Å². The minimum absolute atomic E-state index is 0.666. The van der Waals surface area contributed by atoms with Gasteiger partial charge in [-0.1, -0.05) is 30.3 Å². The molecule has 1 heterocycles. The fraction of sp³-hybridized carbons (Fsp3) is 0.150. The molecular formula is C20H20N4O. The molecule has 3 aromatic rings. The Morgan fingerprint density at radius 1 is 1.00 bits per heavy atom. The van der Waals surface area contributed by atoms with Gasteiger partial charge in [0.15, 0.2) is 0 Å². The molecule has 126 valence electrons. The van der Waals surface area contributed by atoms with Gasteiger partial charge in [0.05, 0.1) is 18.5 Å². The van der Waals surface area contributed by atoms with Crippen molar-refractivity contribution in [1.29, 1.82) is 0 Å². The summed E-state index contributed by atoms with van der Waals surface area (Å²) >= 11 is 0. The average Bonchev–Trinajstić information content (AvgIpc) is 2.66.